The molecule has 1 N–H and O–H groups in total. The average molecular weight is 513 g/mol. The Labute approximate surface area is 223 Å². The molecule has 6 heteroatoms. The largest absolute Gasteiger partial charge is 0.494 e. The molecule has 196 valence electrons. The highest BCUT2D eigenvalue weighted by Crippen LogP contribution is 2.47. The maximum absolute atomic E-state index is 13.9. The molecular formula is C32H33FN2O3. The number of amides is 1. The molecule has 1 aliphatic heterocycles. The number of rotatable bonds is 7. The number of halogens is 1. The van der Waals surface area contributed by atoms with E-state index in [9.17, 15) is 14.0 Å². The van der Waals surface area contributed by atoms with E-state index < -0.39 is 6.04 Å². The summed E-state index contributed by atoms with van der Waals surface area (Å²) in [6, 6.07) is 21.2. The number of Topliss-reactive ketones (excluding diaryl/α,β-unsaturated/α-hetero) is 1. The summed E-state index contributed by atoms with van der Waals surface area (Å²) in [5.41, 5.74) is 4.69. The topological polar surface area (TPSA) is 58.6 Å². The Morgan fingerprint density at radius 2 is 1.68 bits per heavy atom. The van der Waals surface area contributed by atoms with E-state index in [1.165, 1.54) is 19.1 Å². The molecule has 2 atom stereocenters. The van der Waals surface area contributed by atoms with Gasteiger partial charge in [-0.05, 0) is 66.3 Å². The Kier molecular flexibility index (Phi) is 7.59. The first-order valence-electron chi connectivity index (χ1n) is 13.4. The third-order valence-corrected chi connectivity index (χ3v) is 7.38. The zero-order valence-electron chi connectivity index (χ0n) is 21.9. The monoisotopic (exact) mass is 512 g/mol. The molecule has 1 heterocycles. The van der Waals surface area contributed by atoms with Crippen molar-refractivity contribution in [1.82, 2.24) is 0 Å². The first-order valence-corrected chi connectivity index (χ1v) is 13.4. The summed E-state index contributed by atoms with van der Waals surface area (Å²) < 4.78 is 19.5. The maximum Gasteiger partial charge on any atom is 0.224 e. The first kappa shape index (κ1) is 25.7. The zero-order chi connectivity index (χ0) is 26.6. The molecule has 0 fully saturated rings. The molecule has 0 saturated carbocycles. The van der Waals surface area contributed by atoms with Gasteiger partial charge < -0.3 is 10.1 Å². The number of hydrogen-bond donors (Lipinski definition) is 1. The van der Waals surface area contributed by atoms with Gasteiger partial charge in [0.25, 0.3) is 0 Å². The van der Waals surface area contributed by atoms with Crippen LogP contribution < -0.4 is 15.0 Å². The van der Waals surface area contributed by atoms with E-state index in [-0.39, 0.29) is 23.4 Å². The Balaban J connectivity index is 1.56. The lowest BCUT2D eigenvalue weighted by molar-refractivity contribution is -0.117. The molecule has 0 unspecified atom stereocenters. The van der Waals surface area contributed by atoms with Crippen LogP contribution in [0.4, 0.5) is 15.8 Å². The van der Waals surface area contributed by atoms with Crippen molar-refractivity contribution in [2.45, 2.75) is 57.9 Å². The lowest BCUT2D eigenvalue weighted by atomic mass is 9.78. The predicted molar refractivity (Wildman–Crippen MR) is 148 cm³/mol. The van der Waals surface area contributed by atoms with Crippen LogP contribution in [-0.2, 0) is 9.59 Å². The van der Waals surface area contributed by atoms with Crippen LogP contribution in [0.3, 0.4) is 0 Å². The number of benzene rings is 3. The second-order valence-electron chi connectivity index (χ2n) is 10.0. The fourth-order valence-corrected chi connectivity index (χ4v) is 5.51. The van der Waals surface area contributed by atoms with Crippen LogP contribution in [0.1, 0.15) is 69.0 Å². The van der Waals surface area contributed by atoms with Crippen molar-refractivity contribution in [3.8, 4) is 5.75 Å². The minimum atomic E-state index is -0.575. The van der Waals surface area contributed by atoms with Gasteiger partial charge in [-0.1, -0.05) is 56.2 Å². The molecule has 0 radical (unpaired) electrons. The Bertz CT molecular complexity index is 1350. The highest BCUT2D eigenvalue weighted by Gasteiger charge is 2.40. The van der Waals surface area contributed by atoms with Crippen LogP contribution in [0.25, 0.3) is 0 Å². The van der Waals surface area contributed by atoms with E-state index in [1.807, 2.05) is 48.5 Å². The summed E-state index contributed by atoms with van der Waals surface area (Å²) in [5, 5.41) is 3.50. The van der Waals surface area contributed by atoms with Crippen molar-refractivity contribution in [2.24, 2.45) is 0 Å². The fourth-order valence-electron chi connectivity index (χ4n) is 5.51. The number of para-hydroxylation sites is 2. The molecule has 0 spiro atoms. The molecular weight excluding hydrogens is 479 g/mol. The van der Waals surface area contributed by atoms with Crippen LogP contribution in [0.2, 0.25) is 0 Å². The van der Waals surface area contributed by atoms with Gasteiger partial charge in [0.05, 0.1) is 24.0 Å². The van der Waals surface area contributed by atoms with E-state index in [1.54, 1.807) is 17.0 Å². The molecule has 3 aromatic carbocycles. The van der Waals surface area contributed by atoms with Gasteiger partial charge in [0, 0.05) is 24.6 Å². The molecule has 5 rings (SSSR count). The molecule has 0 saturated heterocycles. The van der Waals surface area contributed by atoms with E-state index in [0.717, 1.165) is 53.2 Å². The molecule has 1 amide bonds. The molecule has 0 aromatic heterocycles. The molecule has 38 heavy (non-hydrogen) atoms. The second-order valence-corrected chi connectivity index (χ2v) is 10.0. The molecule has 1 aliphatic carbocycles. The van der Waals surface area contributed by atoms with Gasteiger partial charge in [0.2, 0.25) is 5.91 Å². The van der Waals surface area contributed by atoms with E-state index in [4.69, 9.17) is 4.74 Å². The van der Waals surface area contributed by atoms with E-state index >= 15 is 0 Å². The van der Waals surface area contributed by atoms with Crippen molar-refractivity contribution in [2.75, 3.05) is 16.8 Å². The number of allylic oxidation sites excluding steroid dienone is 1. The second kappa shape index (κ2) is 11.2. The zero-order valence-corrected chi connectivity index (χ0v) is 21.9. The first-order chi connectivity index (χ1) is 18.5. The number of carbonyl (C=O) groups excluding carboxylic acids is 2. The van der Waals surface area contributed by atoms with Gasteiger partial charge in [-0.3, -0.25) is 14.5 Å². The standard InChI is InChI=1S/C32H33FN2O3/c1-3-4-7-18-38-26-16-12-23(13-17-26)32-31-28(34-27-8-5-6-9-29(27)35(32)21(2)36)19-24(20-30(31)37)22-10-14-25(33)15-11-22/h5-6,8-17,24,32,34H,3-4,7,18-20H2,1-2H3/t24-,32-/m0/s1. The third kappa shape index (κ3) is 5.21. The number of fused-ring (bicyclic) bond motifs is 1. The maximum atomic E-state index is 13.9. The number of unbranched alkanes of at least 4 members (excludes halogenated alkanes) is 2. The minimum Gasteiger partial charge on any atom is -0.494 e. The average Bonchev–Trinajstić information content (AvgIpc) is 3.06. The SMILES string of the molecule is CCCCCOc1ccc([C@H]2C3=C(C[C@H](c4ccc(F)cc4)CC3=O)Nc3ccccc3N2C(C)=O)cc1. The van der Waals surface area contributed by atoms with Crippen molar-refractivity contribution < 1.29 is 18.7 Å². The van der Waals surface area contributed by atoms with Crippen LogP contribution in [-0.4, -0.2) is 18.3 Å². The molecule has 3 aromatic rings. The number of carbonyl (C=O) groups is 2. The van der Waals surface area contributed by atoms with Gasteiger partial charge in [-0.15, -0.1) is 0 Å². The lowest BCUT2D eigenvalue weighted by Crippen LogP contribution is -2.37. The van der Waals surface area contributed by atoms with Crippen molar-refractivity contribution in [1.29, 1.82) is 0 Å². The number of nitrogens with zero attached hydrogens (tertiary/aromatic N) is 1. The molecule has 2 aliphatic rings. The van der Waals surface area contributed by atoms with Gasteiger partial charge in [-0.2, -0.15) is 0 Å². The van der Waals surface area contributed by atoms with Gasteiger partial charge in [0.15, 0.2) is 5.78 Å². The lowest BCUT2D eigenvalue weighted by Gasteiger charge is -2.34. The van der Waals surface area contributed by atoms with Crippen molar-refractivity contribution >= 4 is 23.1 Å². The Hall–Kier alpha value is -3.93. The summed E-state index contributed by atoms with van der Waals surface area (Å²) in [4.78, 5) is 28.8. The van der Waals surface area contributed by atoms with E-state index in [2.05, 4.69) is 12.2 Å². The van der Waals surface area contributed by atoms with Crippen LogP contribution in [0.15, 0.2) is 84.1 Å². The summed E-state index contributed by atoms with van der Waals surface area (Å²) in [5.74, 6) is 0.229. The summed E-state index contributed by atoms with van der Waals surface area (Å²) in [6.07, 6.45) is 4.14. The Morgan fingerprint density at radius 3 is 2.39 bits per heavy atom. The fraction of sp³-hybridized carbons (Fsp3) is 0.312. The number of ketones is 1. The normalized spacial score (nSPS) is 18.8. The van der Waals surface area contributed by atoms with Gasteiger partial charge in [-0.25, -0.2) is 4.39 Å². The highest BCUT2D eigenvalue weighted by atomic mass is 19.1. The highest BCUT2D eigenvalue weighted by molar-refractivity contribution is 6.06. The third-order valence-electron chi connectivity index (χ3n) is 7.38. The Morgan fingerprint density at radius 1 is 0.974 bits per heavy atom. The smallest absolute Gasteiger partial charge is 0.224 e. The summed E-state index contributed by atoms with van der Waals surface area (Å²) >= 11 is 0. The summed E-state index contributed by atoms with van der Waals surface area (Å²) in [6.45, 7) is 4.36. The summed E-state index contributed by atoms with van der Waals surface area (Å²) in [7, 11) is 0. The number of hydrogen-bond acceptors (Lipinski definition) is 4. The number of nitrogens with one attached hydrogen (secondary N) is 1. The van der Waals surface area contributed by atoms with Crippen LogP contribution >= 0.6 is 0 Å². The van der Waals surface area contributed by atoms with E-state index in [0.29, 0.717) is 25.0 Å². The number of ether oxygens (including phenoxy) is 1. The quantitative estimate of drug-likeness (QED) is 0.337. The van der Waals surface area contributed by atoms with Gasteiger partial charge >= 0.3 is 0 Å². The predicted octanol–water partition coefficient (Wildman–Crippen LogP) is 7.32. The molecule has 5 nitrogen and oxygen atoms in total. The van der Waals surface area contributed by atoms with Crippen LogP contribution in [0.5, 0.6) is 5.75 Å². The minimum absolute atomic E-state index is 0.0166. The van der Waals surface area contributed by atoms with Gasteiger partial charge in [0.1, 0.15) is 11.6 Å². The molecule has 0 bridgehead atoms. The van der Waals surface area contributed by atoms with Crippen molar-refractivity contribution in [3.63, 3.8) is 0 Å². The van der Waals surface area contributed by atoms with Crippen LogP contribution in [0, 0.1) is 5.82 Å². The van der Waals surface area contributed by atoms with Crippen molar-refractivity contribution in [3.05, 3.63) is 101 Å². The number of anilines is 2.